The highest BCUT2D eigenvalue weighted by Crippen LogP contribution is 2.49. The fourth-order valence-corrected chi connectivity index (χ4v) is 4.18. The number of amides is 1. The van der Waals surface area contributed by atoms with Gasteiger partial charge in [0.05, 0.1) is 46.1 Å². The molecule has 0 bridgehead atoms. The number of ether oxygens (including phenoxy) is 5. The molecule has 3 aromatic carbocycles. The van der Waals surface area contributed by atoms with Crippen molar-refractivity contribution in [2.75, 3.05) is 39.9 Å². The smallest absolute Gasteiger partial charge is 0.236 e. The van der Waals surface area contributed by atoms with Gasteiger partial charge in [0.2, 0.25) is 11.7 Å². The van der Waals surface area contributed by atoms with Crippen molar-refractivity contribution in [3.8, 4) is 34.5 Å². The van der Waals surface area contributed by atoms with Gasteiger partial charge in [-0.3, -0.25) is 4.79 Å². The molecule has 0 spiro atoms. The lowest BCUT2D eigenvalue weighted by Gasteiger charge is -2.47. The van der Waals surface area contributed by atoms with Gasteiger partial charge in [0, 0.05) is 12.1 Å². The van der Waals surface area contributed by atoms with Crippen LogP contribution in [0.4, 0.5) is 5.69 Å². The monoisotopic (exact) mass is 465 g/mol. The summed E-state index contributed by atoms with van der Waals surface area (Å²) < 4.78 is 27.4. The number of hydrogen-bond acceptors (Lipinski definition) is 7. The summed E-state index contributed by atoms with van der Waals surface area (Å²) >= 11 is 0. The second kappa shape index (κ2) is 9.82. The van der Waals surface area contributed by atoms with Crippen LogP contribution < -0.4 is 28.6 Å². The van der Waals surface area contributed by atoms with E-state index in [1.54, 1.807) is 29.2 Å². The average molecular weight is 466 g/mol. The number of aromatic hydroxyl groups is 1. The standard InChI is InChI=1S/C26H27NO7/c1-30-21-11-10-16(12-20(21)28)24-19(15-34-18-8-6-5-7-9-18)26(29)27(24)17-13-22(31-2)25(33-4)23(14-17)32-3/h5-14,19,24,28H,15H2,1-4H3/t19-,24-/m0/s1. The van der Waals surface area contributed by atoms with Crippen LogP contribution in [-0.4, -0.2) is 46.1 Å². The number of β-lactam (4-membered cyclic amide) rings is 1. The Labute approximate surface area is 198 Å². The molecule has 1 saturated heterocycles. The van der Waals surface area contributed by atoms with Gasteiger partial charge in [-0.2, -0.15) is 0 Å². The second-order valence-electron chi connectivity index (χ2n) is 7.70. The number of phenols is 1. The van der Waals surface area contributed by atoms with E-state index in [4.69, 9.17) is 23.7 Å². The Morgan fingerprint density at radius 3 is 2.03 bits per heavy atom. The molecule has 1 aliphatic rings. The van der Waals surface area contributed by atoms with Crippen LogP contribution in [-0.2, 0) is 4.79 Å². The van der Waals surface area contributed by atoms with Gasteiger partial charge in [-0.25, -0.2) is 0 Å². The Kier molecular flexibility index (Phi) is 6.67. The number of anilines is 1. The van der Waals surface area contributed by atoms with Crippen LogP contribution in [0.25, 0.3) is 0 Å². The van der Waals surface area contributed by atoms with E-state index in [-0.39, 0.29) is 18.3 Å². The van der Waals surface area contributed by atoms with E-state index in [1.165, 1.54) is 28.4 Å². The molecule has 2 atom stereocenters. The molecular formula is C26H27NO7. The van der Waals surface area contributed by atoms with E-state index in [0.717, 1.165) is 5.56 Å². The largest absolute Gasteiger partial charge is 0.504 e. The van der Waals surface area contributed by atoms with Gasteiger partial charge in [0.1, 0.15) is 12.4 Å². The number of benzene rings is 3. The SMILES string of the molecule is COc1ccc([C@H]2[C@H](COc3ccccc3)C(=O)N2c2cc(OC)c(OC)c(OC)c2)cc1O. The molecule has 178 valence electrons. The number of nitrogens with zero attached hydrogens (tertiary/aromatic N) is 1. The molecule has 1 N–H and O–H groups in total. The Bertz CT molecular complexity index is 1140. The number of hydrogen-bond donors (Lipinski definition) is 1. The van der Waals surface area contributed by atoms with Crippen LogP contribution >= 0.6 is 0 Å². The fourth-order valence-electron chi connectivity index (χ4n) is 4.18. The van der Waals surface area contributed by atoms with Crippen molar-refractivity contribution >= 4 is 11.6 Å². The van der Waals surface area contributed by atoms with E-state index in [0.29, 0.717) is 34.4 Å². The first kappa shape index (κ1) is 23.1. The van der Waals surface area contributed by atoms with Crippen LogP contribution in [0, 0.1) is 5.92 Å². The van der Waals surface area contributed by atoms with Gasteiger partial charge in [-0.1, -0.05) is 24.3 Å². The molecule has 0 saturated carbocycles. The first-order valence-electron chi connectivity index (χ1n) is 10.7. The summed E-state index contributed by atoms with van der Waals surface area (Å²) in [6.45, 7) is 0.182. The van der Waals surface area contributed by atoms with Crippen LogP contribution in [0.15, 0.2) is 60.7 Å². The summed E-state index contributed by atoms with van der Waals surface area (Å²) in [5.74, 6) is 1.74. The highest BCUT2D eigenvalue weighted by Gasteiger charge is 2.50. The van der Waals surface area contributed by atoms with Gasteiger partial charge >= 0.3 is 0 Å². The lowest BCUT2D eigenvalue weighted by Crippen LogP contribution is -2.57. The maximum absolute atomic E-state index is 13.4. The van der Waals surface area contributed by atoms with Crippen molar-refractivity contribution in [3.05, 3.63) is 66.2 Å². The first-order chi connectivity index (χ1) is 16.5. The topological polar surface area (TPSA) is 86.7 Å². The Morgan fingerprint density at radius 1 is 0.824 bits per heavy atom. The van der Waals surface area contributed by atoms with Gasteiger partial charge in [0.25, 0.3) is 0 Å². The highest BCUT2D eigenvalue weighted by atomic mass is 16.5. The maximum Gasteiger partial charge on any atom is 0.236 e. The predicted molar refractivity (Wildman–Crippen MR) is 126 cm³/mol. The number of carbonyl (C=O) groups is 1. The maximum atomic E-state index is 13.4. The second-order valence-corrected chi connectivity index (χ2v) is 7.70. The zero-order chi connectivity index (χ0) is 24.2. The molecule has 34 heavy (non-hydrogen) atoms. The predicted octanol–water partition coefficient (Wildman–Crippen LogP) is 4.21. The van der Waals surface area contributed by atoms with Crippen molar-refractivity contribution in [3.63, 3.8) is 0 Å². The molecular weight excluding hydrogens is 438 g/mol. The first-order valence-corrected chi connectivity index (χ1v) is 10.7. The van der Waals surface area contributed by atoms with E-state index in [1.807, 2.05) is 36.4 Å². The third-order valence-corrected chi connectivity index (χ3v) is 5.86. The Hall–Kier alpha value is -4.07. The number of phenolic OH excluding ortho intramolecular Hbond substituents is 1. The molecule has 8 heteroatoms. The minimum atomic E-state index is -0.466. The van der Waals surface area contributed by atoms with Gasteiger partial charge in [-0.15, -0.1) is 0 Å². The highest BCUT2D eigenvalue weighted by molar-refractivity contribution is 6.04. The zero-order valence-electron chi connectivity index (χ0n) is 19.5. The van der Waals surface area contributed by atoms with Crippen LogP contribution in [0.2, 0.25) is 0 Å². The van der Waals surface area contributed by atoms with E-state index in [9.17, 15) is 9.90 Å². The zero-order valence-corrected chi connectivity index (χ0v) is 19.5. The van der Waals surface area contributed by atoms with Crippen LogP contribution in [0.5, 0.6) is 34.5 Å². The van der Waals surface area contributed by atoms with Crippen molar-refractivity contribution in [1.29, 1.82) is 0 Å². The van der Waals surface area contributed by atoms with E-state index >= 15 is 0 Å². The lowest BCUT2D eigenvalue weighted by molar-refractivity contribution is -0.131. The van der Waals surface area contributed by atoms with Crippen molar-refractivity contribution in [1.82, 2.24) is 0 Å². The Balaban J connectivity index is 1.72. The van der Waals surface area contributed by atoms with Crippen molar-refractivity contribution in [2.24, 2.45) is 5.92 Å². The molecule has 0 unspecified atom stereocenters. The fraction of sp³-hybridized carbons (Fsp3) is 0.269. The molecule has 1 aliphatic heterocycles. The third-order valence-electron chi connectivity index (χ3n) is 5.86. The minimum Gasteiger partial charge on any atom is -0.504 e. The summed E-state index contributed by atoms with van der Waals surface area (Å²) in [4.78, 5) is 15.0. The third kappa shape index (κ3) is 4.14. The van der Waals surface area contributed by atoms with E-state index < -0.39 is 12.0 Å². The summed E-state index contributed by atoms with van der Waals surface area (Å²) in [7, 11) is 6.05. The number of rotatable bonds is 9. The lowest BCUT2D eigenvalue weighted by atomic mass is 9.82. The molecule has 3 aromatic rings. The molecule has 0 radical (unpaired) electrons. The van der Waals surface area contributed by atoms with E-state index in [2.05, 4.69) is 0 Å². The summed E-state index contributed by atoms with van der Waals surface area (Å²) in [5.41, 5.74) is 1.32. The quantitative estimate of drug-likeness (QED) is 0.474. The summed E-state index contributed by atoms with van der Waals surface area (Å²) in [6.07, 6.45) is 0. The minimum absolute atomic E-state index is 0.00748. The normalized spacial score (nSPS) is 17.1. The molecule has 8 nitrogen and oxygen atoms in total. The summed E-state index contributed by atoms with van der Waals surface area (Å²) in [5, 5.41) is 10.4. The molecule has 0 aliphatic carbocycles. The number of methoxy groups -OCH3 is 4. The molecule has 1 fully saturated rings. The Morgan fingerprint density at radius 2 is 1.47 bits per heavy atom. The summed E-state index contributed by atoms with van der Waals surface area (Å²) in [6, 6.07) is 17.5. The van der Waals surface area contributed by atoms with Crippen LogP contribution in [0.1, 0.15) is 11.6 Å². The van der Waals surface area contributed by atoms with Gasteiger partial charge in [-0.05, 0) is 29.8 Å². The molecule has 1 amide bonds. The molecule has 1 heterocycles. The van der Waals surface area contributed by atoms with Crippen molar-refractivity contribution in [2.45, 2.75) is 6.04 Å². The van der Waals surface area contributed by atoms with Gasteiger partial charge < -0.3 is 33.7 Å². The van der Waals surface area contributed by atoms with Gasteiger partial charge in [0.15, 0.2) is 23.0 Å². The molecule has 0 aromatic heterocycles. The molecule has 4 rings (SSSR count). The van der Waals surface area contributed by atoms with Crippen LogP contribution in [0.3, 0.4) is 0 Å². The number of para-hydroxylation sites is 1. The number of carbonyl (C=O) groups excluding carboxylic acids is 1. The van der Waals surface area contributed by atoms with Crippen molar-refractivity contribution < 1.29 is 33.6 Å². The average Bonchev–Trinajstić information content (AvgIpc) is 2.87.